The zero-order chi connectivity index (χ0) is 11.7. The van der Waals surface area contributed by atoms with Crippen LogP contribution in [0.4, 0.5) is 0 Å². The third-order valence-corrected chi connectivity index (χ3v) is 3.31. The number of aldehydes is 1. The molecule has 1 aromatic carbocycles. The molecule has 3 aromatic rings. The van der Waals surface area contributed by atoms with Crippen molar-refractivity contribution in [2.75, 3.05) is 0 Å². The molecule has 0 saturated heterocycles. The number of nitrogens with zero attached hydrogens (tertiary/aromatic N) is 2. The van der Waals surface area contributed by atoms with Crippen LogP contribution in [0.15, 0.2) is 34.4 Å². The van der Waals surface area contributed by atoms with Gasteiger partial charge in [-0.3, -0.25) is 0 Å². The highest BCUT2D eigenvalue weighted by atomic mass is 32.1. The van der Waals surface area contributed by atoms with Crippen LogP contribution in [-0.2, 0) is 11.2 Å². The predicted octanol–water partition coefficient (Wildman–Crippen LogP) is 2.69. The number of aromatic nitrogens is 2. The Kier molecular flexibility index (Phi) is 2.45. The number of benzene rings is 1. The van der Waals surface area contributed by atoms with Crippen molar-refractivity contribution >= 4 is 28.7 Å². The van der Waals surface area contributed by atoms with E-state index in [2.05, 4.69) is 9.97 Å². The van der Waals surface area contributed by atoms with Gasteiger partial charge in [-0.15, -0.1) is 11.3 Å². The molecule has 84 valence electrons. The molecular formula is C12H8N2O2S. The molecule has 0 N–H and O–H groups in total. The van der Waals surface area contributed by atoms with E-state index in [0.29, 0.717) is 6.42 Å². The summed E-state index contributed by atoms with van der Waals surface area (Å²) in [5, 5.41) is 2.77. The highest BCUT2D eigenvalue weighted by Crippen LogP contribution is 2.25. The van der Waals surface area contributed by atoms with Crippen LogP contribution in [0.2, 0.25) is 0 Å². The van der Waals surface area contributed by atoms with Gasteiger partial charge in [-0.1, -0.05) is 6.07 Å². The minimum Gasteiger partial charge on any atom is -0.443 e. The zero-order valence-corrected chi connectivity index (χ0v) is 9.61. The van der Waals surface area contributed by atoms with Gasteiger partial charge in [0.15, 0.2) is 12.0 Å². The maximum atomic E-state index is 10.4. The fraction of sp³-hybridized carbons (Fsp3) is 0.0833. The Labute approximate surface area is 101 Å². The molecule has 4 nitrogen and oxygen atoms in total. The van der Waals surface area contributed by atoms with Gasteiger partial charge in [0.05, 0.1) is 12.1 Å². The highest BCUT2D eigenvalue weighted by Gasteiger charge is 2.06. The number of carbonyl (C=O) groups excluding carboxylic acids is 1. The Hall–Kier alpha value is -2.01. The first-order valence-electron chi connectivity index (χ1n) is 5.08. The molecule has 0 saturated carbocycles. The molecule has 0 unspecified atom stereocenters. The molecular weight excluding hydrogens is 236 g/mol. The van der Waals surface area contributed by atoms with Gasteiger partial charge in [-0.05, 0) is 12.1 Å². The van der Waals surface area contributed by atoms with Crippen molar-refractivity contribution < 1.29 is 9.21 Å². The third-order valence-electron chi connectivity index (χ3n) is 2.44. The lowest BCUT2D eigenvalue weighted by molar-refractivity contribution is -0.107. The number of hydrogen-bond acceptors (Lipinski definition) is 5. The van der Waals surface area contributed by atoms with E-state index < -0.39 is 0 Å². The Balaban J connectivity index is 2.03. The third kappa shape index (κ3) is 1.85. The average molecular weight is 244 g/mol. The molecule has 3 rings (SSSR count). The molecule has 0 aliphatic rings. The fourth-order valence-corrected chi connectivity index (χ4v) is 2.37. The highest BCUT2D eigenvalue weighted by molar-refractivity contribution is 7.10. The lowest BCUT2D eigenvalue weighted by atomic mass is 10.1. The lowest BCUT2D eigenvalue weighted by Crippen LogP contribution is -1.84. The van der Waals surface area contributed by atoms with Gasteiger partial charge in [0.1, 0.15) is 16.8 Å². The average Bonchev–Trinajstić information content (AvgIpc) is 2.96. The topological polar surface area (TPSA) is 56.0 Å². The number of hydrogen-bond donors (Lipinski definition) is 0. The summed E-state index contributed by atoms with van der Waals surface area (Å²) in [4.78, 5) is 18.8. The van der Waals surface area contributed by atoms with Gasteiger partial charge in [-0.2, -0.15) is 0 Å². The Morgan fingerprint density at radius 3 is 3.24 bits per heavy atom. The van der Waals surface area contributed by atoms with Crippen molar-refractivity contribution in [2.24, 2.45) is 0 Å². The van der Waals surface area contributed by atoms with Crippen LogP contribution in [0.25, 0.3) is 22.4 Å². The second kappa shape index (κ2) is 4.10. The predicted molar refractivity (Wildman–Crippen MR) is 64.9 cm³/mol. The fourth-order valence-electron chi connectivity index (χ4n) is 1.62. The van der Waals surface area contributed by atoms with E-state index in [1.165, 1.54) is 17.7 Å². The summed E-state index contributed by atoms with van der Waals surface area (Å²) in [7, 11) is 0. The summed E-state index contributed by atoms with van der Waals surface area (Å²) in [5.41, 5.74) is 3.41. The first-order valence-corrected chi connectivity index (χ1v) is 5.96. The smallest absolute Gasteiger partial charge is 0.181 e. The van der Waals surface area contributed by atoms with Gasteiger partial charge < -0.3 is 9.21 Å². The molecule has 17 heavy (non-hydrogen) atoms. The second-order valence-corrected chi connectivity index (χ2v) is 4.47. The van der Waals surface area contributed by atoms with Crippen molar-refractivity contribution in [2.45, 2.75) is 6.42 Å². The largest absolute Gasteiger partial charge is 0.443 e. The standard InChI is InChI=1S/C12H8N2O2S/c15-4-3-12-14-10(6-17-12)8-1-2-9-11(5-8)16-7-13-9/h1-2,4-7H,3H2. The van der Waals surface area contributed by atoms with Crippen LogP contribution in [0, 0.1) is 0 Å². The summed E-state index contributed by atoms with van der Waals surface area (Å²) < 4.78 is 5.24. The maximum Gasteiger partial charge on any atom is 0.181 e. The number of rotatable bonds is 3. The van der Waals surface area contributed by atoms with Gasteiger partial charge in [0.25, 0.3) is 0 Å². The van der Waals surface area contributed by atoms with Gasteiger partial charge in [-0.25, -0.2) is 9.97 Å². The quantitative estimate of drug-likeness (QED) is 0.665. The van der Waals surface area contributed by atoms with Crippen LogP contribution in [-0.4, -0.2) is 16.3 Å². The molecule has 0 amide bonds. The van der Waals surface area contributed by atoms with E-state index in [0.717, 1.165) is 33.7 Å². The van der Waals surface area contributed by atoms with Crippen molar-refractivity contribution in [3.63, 3.8) is 0 Å². The maximum absolute atomic E-state index is 10.4. The van der Waals surface area contributed by atoms with Crippen molar-refractivity contribution in [3.05, 3.63) is 35.0 Å². The van der Waals surface area contributed by atoms with Gasteiger partial charge >= 0.3 is 0 Å². The van der Waals surface area contributed by atoms with E-state index in [4.69, 9.17) is 4.42 Å². The minimum atomic E-state index is 0.370. The molecule has 0 aliphatic carbocycles. The summed E-state index contributed by atoms with van der Waals surface area (Å²) in [6.07, 6.45) is 2.66. The van der Waals surface area contributed by atoms with E-state index >= 15 is 0 Å². The Morgan fingerprint density at radius 1 is 1.41 bits per heavy atom. The molecule has 2 heterocycles. The number of carbonyl (C=O) groups is 1. The normalized spacial score (nSPS) is 10.8. The van der Waals surface area contributed by atoms with Crippen LogP contribution < -0.4 is 0 Å². The first kappa shape index (κ1) is 10.2. The summed E-state index contributed by atoms with van der Waals surface area (Å²) >= 11 is 1.49. The van der Waals surface area contributed by atoms with Crippen LogP contribution >= 0.6 is 11.3 Å². The van der Waals surface area contributed by atoms with Crippen molar-refractivity contribution in [1.29, 1.82) is 0 Å². The summed E-state index contributed by atoms with van der Waals surface area (Å²) in [6.45, 7) is 0. The van der Waals surface area contributed by atoms with Crippen LogP contribution in [0.5, 0.6) is 0 Å². The number of oxazole rings is 1. The first-order chi connectivity index (χ1) is 8.36. The van der Waals surface area contributed by atoms with Gasteiger partial charge in [0.2, 0.25) is 0 Å². The summed E-state index contributed by atoms with van der Waals surface area (Å²) in [5.74, 6) is 0. The van der Waals surface area contributed by atoms with E-state index in [1.54, 1.807) is 0 Å². The van der Waals surface area contributed by atoms with Crippen molar-refractivity contribution in [3.8, 4) is 11.3 Å². The molecule has 2 aromatic heterocycles. The molecule has 0 aliphatic heterocycles. The second-order valence-electron chi connectivity index (χ2n) is 3.53. The van der Waals surface area contributed by atoms with E-state index in [9.17, 15) is 4.79 Å². The molecule has 0 bridgehead atoms. The molecule has 0 spiro atoms. The van der Waals surface area contributed by atoms with Crippen LogP contribution in [0.3, 0.4) is 0 Å². The molecule has 0 radical (unpaired) electrons. The lowest BCUT2D eigenvalue weighted by Gasteiger charge is -1.95. The van der Waals surface area contributed by atoms with Gasteiger partial charge in [0, 0.05) is 10.9 Å². The van der Waals surface area contributed by atoms with E-state index in [1.807, 2.05) is 23.6 Å². The monoisotopic (exact) mass is 244 g/mol. The van der Waals surface area contributed by atoms with Crippen LogP contribution in [0.1, 0.15) is 5.01 Å². The van der Waals surface area contributed by atoms with E-state index in [-0.39, 0.29) is 0 Å². The Morgan fingerprint density at radius 2 is 2.35 bits per heavy atom. The molecule has 0 fully saturated rings. The zero-order valence-electron chi connectivity index (χ0n) is 8.79. The number of thiazole rings is 1. The number of fused-ring (bicyclic) bond motifs is 1. The summed E-state index contributed by atoms with van der Waals surface area (Å²) in [6, 6.07) is 5.75. The molecule has 5 heteroatoms. The van der Waals surface area contributed by atoms with Crippen molar-refractivity contribution in [1.82, 2.24) is 9.97 Å². The minimum absolute atomic E-state index is 0.370. The molecule has 0 atom stereocenters. The Bertz CT molecular complexity index is 672. The SMILES string of the molecule is O=CCc1nc(-c2ccc3ncoc3c2)cs1.